The minimum absolute atomic E-state index is 0.0197. The summed E-state index contributed by atoms with van der Waals surface area (Å²) in [4.78, 5) is 28.3. The zero-order valence-corrected chi connectivity index (χ0v) is 35.8. The number of aliphatic hydroxyl groups excluding tert-OH is 2. The van der Waals surface area contributed by atoms with E-state index in [1.807, 2.05) is 13.8 Å². The third-order valence-corrected chi connectivity index (χ3v) is 10.5. The highest BCUT2D eigenvalue weighted by atomic mass is 31.2. The molecule has 0 fully saturated rings. The third kappa shape index (κ3) is 37.4. The van der Waals surface area contributed by atoms with Crippen LogP contribution < -0.4 is 0 Å². The Morgan fingerprint density at radius 1 is 0.453 bits per heavy atom. The fourth-order valence-electron chi connectivity index (χ4n) is 3.57. The summed E-state index contributed by atoms with van der Waals surface area (Å²) in [6.07, 6.45) is 1.57. The van der Waals surface area contributed by atoms with Gasteiger partial charge in [-0.05, 0) is 67.2 Å². The van der Waals surface area contributed by atoms with E-state index in [4.69, 9.17) is 46.3 Å². The van der Waals surface area contributed by atoms with Crippen molar-refractivity contribution in [2.24, 2.45) is 11.8 Å². The predicted molar refractivity (Wildman–Crippen MR) is 199 cm³/mol. The molecular weight excluding hydrogens is 765 g/mol. The van der Waals surface area contributed by atoms with Crippen molar-refractivity contribution in [1.29, 1.82) is 0 Å². The molecule has 53 heavy (non-hydrogen) atoms. The molecule has 0 saturated carbocycles. The van der Waals surface area contributed by atoms with Gasteiger partial charge >= 0.3 is 23.2 Å². The van der Waals surface area contributed by atoms with Crippen LogP contribution >= 0.6 is 23.2 Å². The normalized spacial score (nSPS) is 16.7. The molecule has 0 rings (SSSR count). The summed E-state index contributed by atoms with van der Waals surface area (Å²) in [5.41, 5.74) is -0.443. The second-order valence-corrected chi connectivity index (χ2v) is 18.4. The van der Waals surface area contributed by atoms with Gasteiger partial charge in [0.2, 0.25) is 0 Å². The molecule has 0 aromatic carbocycles. The van der Waals surface area contributed by atoms with Gasteiger partial charge in [0.1, 0.15) is 0 Å². The maximum Gasteiger partial charge on any atom is 0.472 e. The largest absolute Gasteiger partial charge is 0.472 e. The Balaban J connectivity index is 0. The lowest BCUT2D eigenvalue weighted by Crippen LogP contribution is -2.21. The van der Waals surface area contributed by atoms with Crippen LogP contribution in [-0.2, 0) is 60.0 Å². The molecule has 0 heterocycles. The Labute approximate surface area is 317 Å². The number of ether oxygens (including phenoxy) is 5. The highest BCUT2D eigenvalue weighted by Gasteiger charge is 2.24. The van der Waals surface area contributed by atoms with Gasteiger partial charge in [0, 0.05) is 44.9 Å². The highest BCUT2D eigenvalue weighted by molar-refractivity contribution is 7.53. The summed E-state index contributed by atoms with van der Waals surface area (Å²) in [6.45, 7) is 17.5. The third-order valence-electron chi connectivity index (χ3n) is 6.24. The lowest BCUT2D eigenvalue weighted by atomic mass is 10.2. The molecule has 18 nitrogen and oxygen atoms in total. The summed E-state index contributed by atoms with van der Waals surface area (Å²) in [6, 6.07) is 0. The van der Waals surface area contributed by atoms with Crippen LogP contribution in [0.25, 0.3) is 0 Å². The molecule has 5 unspecified atom stereocenters. The zero-order chi connectivity index (χ0) is 40.8. The second-order valence-electron chi connectivity index (χ2n) is 13.1. The topological polar surface area (TPSA) is 245 Å². The van der Waals surface area contributed by atoms with Crippen LogP contribution in [0.4, 0.5) is 0 Å². The van der Waals surface area contributed by atoms with Crippen molar-refractivity contribution in [3.63, 3.8) is 0 Å². The minimum atomic E-state index is -4.02. The van der Waals surface area contributed by atoms with Crippen LogP contribution in [0, 0.1) is 11.8 Å². The van der Waals surface area contributed by atoms with E-state index < -0.39 is 35.0 Å². The summed E-state index contributed by atoms with van der Waals surface area (Å²) >= 11 is 0. The Morgan fingerprint density at radius 3 is 1.06 bits per heavy atom. The van der Waals surface area contributed by atoms with Crippen molar-refractivity contribution in [3.05, 3.63) is 0 Å². The monoisotopic (exact) mass is 836 g/mol. The Bertz CT molecular complexity index is 987. The molecule has 0 aliphatic rings. The van der Waals surface area contributed by atoms with E-state index in [9.17, 15) is 38.6 Å². The highest BCUT2D eigenvalue weighted by Crippen LogP contribution is 2.47. The molecule has 0 aromatic heterocycles. The molecule has 322 valence electrons. The first-order valence-electron chi connectivity index (χ1n) is 18.2. The number of phosphoric ester groups is 2. The smallest absolute Gasteiger partial charge is 0.396 e. The number of hydrogen-bond acceptors (Lipinski definition) is 15. The molecule has 5 N–H and O–H groups in total. The van der Waals surface area contributed by atoms with E-state index in [0.717, 1.165) is 6.42 Å². The van der Waals surface area contributed by atoms with Crippen LogP contribution in [0.2, 0.25) is 0 Å². The van der Waals surface area contributed by atoms with Gasteiger partial charge in [-0.2, -0.15) is 0 Å². The van der Waals surface area contributed by atoms with Crippen molar-refractivity contribution < 1.29 is 84.9 Å². The van der Waals surface area contributed by atoms with Gasteiger partial charge in [0.15, 0.2) is 0 Å². The first kappa shape index (κ1) is 55.2. The standard InChI is InChI=1S/C16H36O10P2.C16H35O8P/c1-14(2)26-28(20,21)25-10-6-8-23-13-16(11-17)12-22-7-5-9-24-27(18,19)15(3)4;1-14(2)22-9-5-7-20-12-16(11-17)13-21-8-6-10-23-25(18,19)24-15(3)4/h14-17H,5-13H2,1-4H3,(H,18,19)(H,20,21);14-17H,5-13H2,1-4H3,(H,18,19). The van der Waals surface area contributed by atoms with Gasteiger partial charge in [0.25, 0.3) is 0 Å². The van der Waals surface area contributed by atoms with Gasteiger partial charge in [-0.1, -0.05) is 13.8 Å². The minimum Gasteiger partial charge on any atom is -0.396 e. The maximum atomic E-state index is 11.6. The van der Waals surface area contributed by atoms with Crippen molar-refractivity contribution in [1.82, 2.24) is 0 Å². The zero-order valence-electron chi connectivity index (χ0n) is 33.1. The Morgan fingerprint density at radius 2 is 0.774 bits per heavy atom. The van der Waals surface area contributed by atoms with Gasteiger partial charge in [0.05, 0.1) is 83.4 Å². The predicted octanol–water partition coefficient (Wildman–Crippen LogP) is 4.94. The van der Waals surface area contributed by atoms with Gasteiger partial charge in [-0.25, -0.2) is 9.13 Å². The molecule has 0 aliphatic heterocycles. The summed E-state index contributed by atoms with van der Waals surface area (Å²) in [5.74, 6) is -0.310. The van der Waals surface area contributed by atoms with Crippen molar-refractivity contribution >= 4 is 23.2 Å². The van der Waals surface area contributed by atoms with E-state index in [2.05, 4.69) is 0 Å². The van der Waals surface area contributed by atoms with Crippen molar-refractivity contribution in [2.75, 3.05) is 92.5 Å². The molecule has 21 heteroatoms. The Kier molecular flexibility index (Phi) is 34.5. The van der Waals surface area contributed by atoms with Crippen LogP contribution in [0.5, 0.6) is 0 Å². The fraction of sp³-hybridized carbons (Fsp3) is 1.00. The second kappa shape index (κ2) is 33.1. The maximum absolute atomic E-state index is 11.6. The Hall–Kier alpha value is 0.0900. The van der Waals surface area contributed by atoms with Crippen LogP contribution in [0.1, 0.15) is 81.1 Å². The van der Waals surface area contributed by atoms with E-state index in [1.165, 1.54) is 0 Å². The first-order chi connectivity index (χ1) is 24.8. The lowest BCUT2D eigenvalue weighted by Gasteiger charge is -2.17. The molecule has 0 aliphatic carbocycles. The number of rotatable bonds is 35. The van der Waals surface area contributed by atoms with Crippen molar-refractivity contribution in [2.45, 2.75) is 105 Å². The van der Waals surface area contributed by atoms with E-state index in [-0.39, 0.29) is 70.3 Å². The quantitative estimate of drug-likeness (QED) is 0.0419. The van der Waals surface area contributed by atoms with Crippen LogP contribution in [-0.4, -0.2) is 141 Å². The van der Waals surface area contributed by atoms with Crippen molar-refractivity contribution in [3.8, 4) is 0 Å². The fourth-order valence-corrected chi connectivity index (χ4v) is 6.16. The van der Waals surface area contributed by atoms with Gasteiger partial charge in [-0.15, -0.1) is 0 Å². The molecular formula is C32H71O18P3. The molecule has 0 amide bonds. The summed E-state index contributed by atoms with van der Waals surface area (Å²) in [5, 5.41) is 18.6. The molecule has 0 bridgehead atoms. The van der Waals surface area contributed by atoms with E-state index >= 15 is 0 Å². The molecule has 0 radical (unpaired) electrons. The summed E-state index contributed by atoms with van der Waals surface area (Å²) in [7, 11) is -11.5. The van der Waals surface area contributed by atoms with Gasteiger partial charge in [-0.3, -0.25) is 22.7 Å². The average molecular weight is 837 g/mol. The number of phosphoric acid groups is 2. The van der Waals surface area contributed by atoms with Crippen LogP contribution in [0.3, 0.4) is 0 Å². The van der Waals surface area contributed by atoms with Gasteiger partial charge < -0.3 is 53.1 Å². The van der Waals surface area contributed by atoms with E-state index in [0.29, 0.717) is 65.5 Å². The SMILES string of the molecule is CC(C)OCCCOCC(CO)COCCCOP(=O)(O)OC(C)C.CC(C)OP(=O)(O)OCCCOCC(CO)COCCCOP(=O)(O)C(C)C. The number of aliphatic hydroxyl groups is 2. The molecule has 0 saturated heterocycles. The van der Waals surface area contributed by atoms with E-state index in [1.54, 1.807) is 41.5 Å². The van der Waals surface area contributed by atoms with Crippen LogP contribution in [0.15, 0.2) is 0 Å². The average Bonchev–Trinajstić information content (AvgIpc) is 3.04. The first-order valence-corrected chi connectivity index (χ1v) is 22.8. The lowest BCUT2D eigenvalue weighted by molar-refractivity contribution is 0.00302. The number of hydrogen-bond donors (Lipinski definition) is 5. The molecule has 5 atom stereocenters. The molecule has 0 spiro atoms. The summed E-state index contributed by atoms with van der Waals surface area (Å²) < 4.78 is 85.8. The molecule has 0 aromatic rings.